The molecule has 0 bridgehead atoms. The van der Waals surface area contributed by atoms with E-state index in [0.717, 1.165) is 21.3 Å². The quantitative estimate of drug-likeness (QED) is 0.831. The normalized spacial score (nSPS) is 10.2. The molecule has 0 fully saturated rings. The summed E-state index contributed by atoms with van der Waals surface area (Å²) >= 11 is 3.43. The molecule has 3 nitrogen and oxygen atoms in total. The van der Waals surface area contributed by atoms with Gasteiger partial charge in [0, 0.05) is 10.0 Å². The number of rotatable bonds is 3. The lowest BCUT2D eigenvalue weighted by atomic mass is 10.1. The van der Waals surface area contributed by atoms with E-state index in [9.17, 15) is 0 Å². The van der Waals surface area contributed by atoms with Crippen molar-refractivity contribution in [2.45, 2.75) is 13.5 Å². The average molecular weight is 246 g/mol. The van der Waals surface area contributed by atoms with Gasteiger partial charge < -0.3 is 4.74 Å². The van der Waals surface area contributed by atoms with Gasteiger partial charge in [0.15, 0.2) is 0 Å². The van der Waals surface area contributed by atoms with Crippen LogP contribution in [0, 0.1) is 6.92 Å². The number of ether oxygens (including phenoxy) is 1. The molecule has 0 amide bonds. The Morgan fingerprint density at radius 1 is 1.46 bits per heavy atom. The molecule has 0 radical (unpaired) electrons. The Balaban J connectivity index is 3.06. The van der Waals surface area contributed by atoms with Crippen LogP contribution >= 0.6 is 15.9 Å². The van der Waals surface area contributed by atoms with Crippen LogP contribution in [-0.2, 0) is 11.4 Å². The Morgan fingerprint density at radius 2 is 2.15 bits per heavy atom. The van der Waals surface area contributed by atoms with Crippen LogP contribution in [0.25, 0.3) is 0 Å². The van der Waals surface area contributed by atoms with Crippen molar-refractivity contribution in [1.29, 1.82) is 0 Å². The topological polar surface area (TPSA) is 44.5 Å². The zero-order chi connectivity index (χ0) is 9.84. The summed E-state index contributed by atoms with van der Waals surface area (Å²) in [5, 5.41) is 0. The summed E-state index contributed by atoms with van der Waals surface area (Å²) < 4.78 is 6.19. The molecule has 0 saturated carbocycles. The number of halogens is 1. The van der Waals surface area contributed by atoms with Crippen LogP contribution in [-0.4, -0.2) is 7.11 Å². The molecule has 0 aliphatic carbocycles. The molecule has 72 valence electrons. The molecular weight excluding hydrogens is 234 g/mol. The molecule has 1 aromatic carbocycles. The van der Waals surface area contributed by atoms with Gasteiger partial charge in [-0.05, 0) is 24.6 Å². The van der Waals surface area contributed by atoms with E-state index >= 15 is 0 Å². The van der Waals surface area contributed by atoms with E-state index in [0.29, 0.717) is 6.61 Å². The van der Waals surface area contributed by atoms with Gasteiger partial charge in [0.25, 0.3) is 0 Å². The highest BCUT2D eigenvalue weighted by Gasteiger charge is 2.05. The van der Waals surface area contributed by atoms with Crippen LogP contribution in [0.4, 0.5) is 0 Å². The summed E-state index contributed by atoms with van der Waals surface area (Å²) in [5.74, 6) is 5.82. The van der Waals surface area contributed by atoms with Gasteiger partial charge in [-0.3, -0.25) is 4.84 Å². The minimum Gasteiger partial charge on any atom is -0.496 e. The fraction of sp³-hybridized carbons (Fsp3) is 0.333. The lowest BCUT2D eigenvalue weighted by Crippen LogP contribution is -2.00. The monoisotopic (exact) mass is 245 g/mol. The van der Waals surface area contributed by atoms with Crippen molar-refractivity contribution in [3.63, 3.8) is 0 Å². The molecule has 0 atom stereocenters. The number of methoxy groups -OCH3 is 1. The number of hydrogen-bond acceptors (Lipinski definition) is 3. The van der Waals surface area contributed by atoms with Gasteiger partial charge in [0.1, 0.15) is 5.75 Å². The van der Waals surface area contributed by atoms with E-state index in [1.165, 1.54) is 0 Å². The Bertz CT molecular complexity index is 302. The third kappa shape index (κ3) is 2.43. The summed E-state index contributed by atoms with van der Waals surface area (Å²) in [6.45, 7) is 2.37. The maximum Gasteiger partial charge on any atom is 0.123 e. The average Bonchev–Trinajstić information content (AvgIpc) is 2.11. The first-order valence-electron chi connectivity index (χ1n) is 3.83. The molecule has 1 rings (SSSR count). The SMILES string of the molecule is COc1cc(CON)cc(Br)c1C. The molecule has 4 heteroatoms. The standard InChI is InChI=1S/C9H12BrNO2/c1-6-8(10)3-7(5-13-11)4-9(6)12-2/h3-4H,5,11H2,1-2H3. The van der Waals surface area contributed by atoms with Crippen LogP contribution in [0.1, 0.15) is 11.1 Å². The molecule has 0 aromatic heterocycles. The lowest BCUT2D eigenvalue weighted by molar-refractivity contribution is 0.124. The van der Waals surface area contributed by atoms with E-state index in [1.54, 1.807) is 7.11 Å². The fourth-order valence-corrected chi connectivity index (χ4v) is 1.59. The summed E-state index contributed by atoms with van der Waals surface area (Å²) in [6, 6.07) is 3.87. The highest BCUT2D eigenvalue weighted by Crippen LogP contribution is 2.27. The molecule has 0 heterocycles. The minimum absolute atomic E-state index is 0.384. The summed E-state index contributed by atoms with van der Waals surface area (Å²) in [4.78, 5) is 4.55. The summed E-state index contributed by atoms with van der Waals surface area (Å²) in [7, 11) is 1.64. The fourth-order valence-electron chi connectivity index (χ4n) is 1.10. The lowest BCUT2D eigenvalue weighted by Gasteiger charge is -2.09. The summed E-state index contributed by atoms with van der Waals surface area (Å²) in [6.07, 6.45) is 0. The second-order valence-corrected chi connectivity index (χ2v) is 3.57. The van der Waals surface area contributed by atoms with Gasteiger partial charge in [-0.1, -0.05) is 15.9 Å². The number of hydrogen-bond donors (Lipinski definition) is 1. The predicted octanol–water partition coefficient (Wildman–Crippen LogP) is 2.16. The highest BCUT2D eigenvalue weighted by molar-refractivity contribution is 9.10. The predicted molar refractivity (Wildman–Crippen MR) is 54.4 cm³/mol. The first kappa shape index (κ1) is 10.5. The molecule has 0 spiro atoms. The van der Waals surface area contributed by atoms with Gasteiger partial charge in [0.2, 0.25) is 0 Å². The molecule has 2 N–H and O–H groups in total. The van der Waals surface area contributed by atoms with Crippen molar-refractivity contribution in [2.24, 2.45) is 5.90 Å². The molecular formula is C9H12BrNO2. The summed E-state index contributed by atoms with van der Waals surface area (Å²) in [5.41, 5.74) is 2.06. The second kappa shape index (κ2) is 4.60. The van der Waals surface area contributed by atoms with E-state index in [-0.39, 0.29) is 0 Å². The maximum absolute atomic E-state index is 5.19. The molecule has 0 aliphatic heterocycles. The van der Waals surface area contributed by atoms with Crippen LogP contribution in [0.3, 0.4) is 0 Å². The zero-order valence-corrected chi connectivity index (χ0v) is 9.22. The van der Waals surface area contributed by atoms with Gasteiger partial charge in [-0.15, -0.1) is 0 Å². The van der Waals surface area contributed by atoms with Crippen molar-refractivity contribution < 1.29 is 9.57 Å². The molecule has 0 unspecified atom stereocenters. The van der Waals surface area contributed by atoms with E-state index in [2.05, 4.69) is 20.8 Å². The van der Waals surface area contributed by atoms with Crippen LogP contribution in [0.5, 0.6) is 5.75 Å². The third-order valence-electron chi connectivity index (χ3n) is 1.83. The third-order valence-corrected chi connectivity index (χ3v) is 2.65. The van der Waals surface area contributed by atoms with Crippen molar-refractivity contribution in [2.75, 3.05) is 7.11 Å². The van der Waals surface area contributed by atoms with Gasteiger partial charge in [0.05, 0.1) is 13.7 Å². The van der Waals surface area contributed by atoms with Crippen molar-refractivity contribution in [1.82, 2.24) is 0 Å². The number of nitrogens with two attached hydrogens (primary N) is 1. The first-order chi connectivity index (χ1) is 6.19. The number of benzene rings is 1. The molecule has 0 saturated heterocycles. The zero-order valence-electron chi connectivity index (χ0n) is 7.63. The van der Waals surface area contributed by atoms with Crippen LogP contribution < -0.4 is 10.6 Å². The minimum atomic E-state index is 0.384. The van der Waals surface area contributed by atoms with E-state index in [4.69, 9.17) is 10.6 Å². The van der Waals surface area contributed by atoms with E-state index in [1.807, 2.05) is 19.1 Å². The van der Waals surface area contributed by atoms with Gasteiger partial charge >= 0.3 is 0 Å². The molecule has 0 aliphatic rings. The maximum atomic E-state index is 5.19. The van der Waals surface area contributed by atoms with Crippen molar-refractivity contribution in [3.8, 4) is 5.75 Å². The van der Waals surface area contributed by atoms with Crippen LogP contribution in [0.15, 0.2) is 16.6 Å². The Kier molecular flexibility index (Phi) is 3.71. The van der Waals surface area contributed by atoms with E-state index < -0.39 is 0 Å². The van der Waals surface area contributed by atoms with Gasteiger partial charge in [-0.25, -0.2) is 5.90 Å². The smallest absolute Gasteiger partial charge is 0.123 e. The van der Waals surface area contributed by atoms with Crippen molar-refractivity contribution >= 4 is 15.9 Å². The largest absolute Gasteiger partial charge is 0.496 e. The highest BCUT2D eigenvalue weighted by atomic mass is 79.9. The second-order valence-electron chi connectivity index (χ2n) is 2.72. The Labute approximate surface area is 85.9 Å². The van der Waals surface area contributed by atoms with Gasteiger partial charge in [-0.2, -0.15) is 0 Å². The molecule has 1 aromatic rings. The Hall–Kier alpha value is -0.580. The first-order valence-corrected chi connectivity index (χ1v) is 4.63. The molecule has 13 heavy (non-hydrogen) atoms. The Morgan fingerprint density at radius 3 is 2.69 bits per heavy atom. The van der Waals surface area contributed by atoms with Crippen molar-refractivity contribution in [3.05, 3.63) is 27.7 Å². The van der Waals surface area contributed by atoms with Crippen LogP contribution in [0.2, 0.25) is 0 Å².